The van der Waals surface area contributed by atoms with Gasteiger partial charge in [-0.2, -0.15) is 5.53 Å². The van der Waals surface area contributed by atoms with E-state index in [1.807, 2.05) is 65.7 Å². The summed E-state index contributed by atoms with van der Waals surface area (Å²) < 4.78 is 5.25. The van der Waals surface area contributed by atoms with Crippen LogP contribution in [-0.2, 0) is 0 Å². The van der Waals surface area contributed by atoms with E-state index < -0.39 is 0 Å². The van der Waals surface area contributed by atoms with Crippen LogP contribution in [0.5, 0.6) is 5.75 Å². The van der Waals surface area contributed by atoms with E-state index in [2.05, 4.69) is 40.1 Å². The molecule has 1 N–H and O–H groups in total. The number of hydrogen-bond acceptors (Lipinski definition) is 5. The van der Waals surface area contributed by atoms with Gasteiger partial charge in [0.1, 0.15) is 5.75 Å². The van der Waals surface area contributed by atoms with Crippen molar-refractivity contribution in [2.24, 2.45) is 10.3 Å². The van der Waals surface area contributed by atoms with E-state index in [1.54, 1.807) is 7.11 Å². The minimum absolute atomic E-state index is 0.743. The molecule has 5 nitrogen and oxygen atoms in total. The maximum absolute atomic E-state index is 5.25. The van der Waals surface area contributed by atoms with Gasteiger partial charge in [-0.05, 0) is 35.4 Å². The molecule has 1 aliphatic heterocycles. The van der Waals surface area contributed by atoms with Crippen molar-refractivity contribution in [1.29, 1.82) is 0 Å². The topological polar surface area (TPSA) is 49.2 Å². The van der Waals surface area contributed by atoms with Crippen LogP contribution in [0.3, 0.4) is 0 Å². The molecule has 3 aromatic rings. The van der Waals surface area contributed by atoms with E-state index in [0.29, 0.717) is 0 Å². The lowest BCUT2D eigenvalue weighted by molar-refractivity contribution is 0.415. The van der Waals surface area contributed by atoms with Gasteiger partial charge >= 0.3 is 0 Å². The Morgan fingerprint density at radius 2 is 1.38 bits per heavy atom. The zero-order chi connectivity index (χ0) is 17.8. The summed E-state index contributed by atoms with van der Waals surface area (Å²) in [7, 11) is 1.65. The molecule has 26 heavy (non-hydrogen) atoms. The second-order valence-electron chi connectivity index (χ2n) is 5.76. The molecule has 0 bridgehead atoms. The zero-order valence-electron chi connectivity index (χ0n) is 14.3. The van der Waals surface area contributed by atoms with E-state index in [0.717, 1.165) is 34.0 Å². The molecule has 0 unspecified atom stereocenters. The highest BCUT2D eigenvalue weighted by molar-refractivity contribution is 5.84. The third-order valence-corrected chi connectivity index (χ3v) is 4.18. The Hall–Kier alpha value is -3.60. The van der Waals surface area contributed by atoms with Gasteiger partial charge < -0.3 is 4.74 Å². The number of benzene rings is 3. The lowest BCUT2D eigenvalue weighted by Gasteiger charge is -2.20. The highest BCUT2D eigenvalue weighted by atomic mass is 16.5. The molecule has 0 aromatic heterocycles. The monoisotopic (exact) mass is 342 g/mol. The molecule has 5 heteroatoms. The standard InChI is InChI=1S/C21H18N4O/c1-26-19-14-12-18(13-15-19)25-21(22-23-24-25)20(16-8-4-2-5-9-16)17-10-6-3-7-11-17/h2-15H,1H3,(H,22,24). The first kappa shape index (κ1) is 15.9. The quantitative estimate of drug-likeness (QED) is 0.740. The molecule has 0 atom stereocenters. The summed E-state index contributed by atoms with van der Waals surface area (Å²) in [5, 5.41) is 10.3. The van der Waals surface area contributed by atoms with E-state index in [9.17, 15) is 0 Å². The predicted molar refractivity (Wildman–Crippen MR) is 102 cm³/mol. The van der Waals surface area contributed by atoms with E-state index in [-0.39, 0.29) is 0 Å². The first-order valence-electron chi connectivity index (χ1n) is 8.32. The van der Waals surface area contributed by atoms with Gasteiger partial charge in [-0.3, -0.25) is 0 Å². The molecule has 0 amide bonds. The van der Waals surface area contributed by atoms with E-state index in [1.165, 1.54) is 0 Å². The van der Waals surface area contributed by atoms with Gasteiger partial charge in [0.25, 0.3) is 0 Å². The lowest BCUT2D eigenvalue weighted by atomic mass is 9.97. The smallest absolute Gasteiger partial charge is 0.186 e. The second-order valence-corrected chi connectivity index (χ2v) is 5.76. The number of rotatable bonds is 4. The zero-order valence-corrected chi connectivity index (χ0v) is 14.3. The molecule has 0 spiro atoms. The molecule has 0 saturated heterocycles. The highest BCUT2D eigenvalue weighted by Crippen LogP contribution is 2.33. The number of nitrogens with one attached hydrogen (secondary N) is 1. The molecule has 3 aromatic carbocycles. The molecule has 1 aliphatic rings. The summed E-state index contributed by atoms with van der Waals surface area (Å²) >= 11 is 0. The Labute approximate surface area is 152 Å². The molecular formula is C21H18N4O. The summed E-state index contributed by atoms with van der Waals surface area (Å²) in [5.74, 6) is 1.55. The SMILES string of the molecule is COc1ccc(N2NN=NC2=C(c2ccccc2)c2ccccc2)cc1. The highest BCUT2D eigenvalue weighted by Gasteiger charge is 2.23. The number of hydrogen-bond donors (Lipinski definition) is 1. The van der Waals surface area contributed by atoms with Crippen molar-refractivity contribution in [3.8, 4) is 5.75 Å². The van der Waals surface area contributed by atoms with Crippen LogP contribution in [-0.4, -0.2) is 7.11 Å². The van der Waals surface area contributed by atoms with Crippen LogP contribution in [0.4, 0.5) is 5.69 Å². The summed E-state index contributed by atoms with van der Waals surface area (Å²) in [6, 6.07) is 28.2. The van der Waals surface area contributed by atoms with E-state index >= 15 is 0 Å². The van der Waals surface area contributed by atoms with Crippen LogP contribution >= 0.6 is 0 Å². The van der Waals surface area contributed by atoms with Gasteiger partial charge in [0.2, 0.25) is 0 Å². The number of methoxy groups -OCH3 is 1. The number of nitrogens with zero attached hydrogens (tertiary/aromatic N) is 3. The van der Waals surface area contributed by atoms with Crippen LogP contribution in [0.25, 0.3) is 5.57 Å². The Kier molecular flexibility index (Phi) is 4.35. The fourth-order valence-corrected chi connectivity index (χ4v) is 2.91. The minimum atomic E-state index is 0.743. The molecule has 0 aliphatic carbocycles. The molecule has 0 radical (unpaired) electrons. The average Bonchev–Trinajstić information content (AvgIpc) is 3.19. The normalized spacial score (nSPS) is 12.8. The van der Waals surface area contributed by atoms with Gasteiger partial charge in [-0.15, -0.1) is 5.11 Å². The van der Waals surface area contributed by atoms with Crippen molar-refractivity contribution in [2.45, 2.75) is 0 Å². The van der Waals surface area contributed by atoms with Crippen molar-refractivity contribution in [3.63, 3.8) is 0 Å². The maximum atomic E-state index is 5.25. The number of hydrazine groups is 1. The second kappa shape index (κ2) is 7.11. The molecule has 1 heterocycles. The predicted octanol–water partition coefficient (Wildman–Crippen LogP) is 4.80. The number of anilines is 1. The molecule has 4 rings (SSSR count). The van der Waals surface area contributed by atoms with Crippen molar-refractivity contribution in [2.75, 3.05) is 12.1 Å². The van der Waals surface area contributed by atoms with E-state index in [4.69, 9.17) is 4.74 Å². The van der Waals surface area contributed by atoms with Crippen molar-refractivity contribution >= 4 is 11.3 Å². The Balaban J connectivity index is 1.86. The Morgan fingerprint density at radius 1 is 0.808 bits per heavy atom. The van der Waals surface area contributed by atoms with Crippen LogP contribution in [0.2, 0.25) is 0 Å². The third-order valence-electron chi connectivity index (χ3n) is 4.18. The molecular weight excluding hydrogens is 324 g/mol. The van der Waals surface area contributed by atoms with Crippen molar-refractivity contribution in [3.05, 3.63) is 102 Å². The first-order valence-corrected chi connectivity index (χ1v) is 8.32. The number of ether oxygens (including phenoxy) is 1. The van der Waals surface area contributed by atoms with Gasteiger partial charge in [0.05, 0.1) is 12.8 Å². The van der Waals surface area contributed by atoms with Crippen LogP contribution < -0.4 is 15.3 Å². The van der Waals surface area contributed by atoms with Crippen molar-refractivity contribution < 1.29 is 4.74 Å². The Bertz CT molecular complexity index is 893. The molecule has 128 valence electrons. The summed E-state index contributed by atoms with van der Waals surface area (Å²) in [6.07, 6.45) is 0. The maximum Gasteiger partial charge on any atom is 0.186 e. The minimum Gasteiger partial charge on any atom is -0.497 e. The summed E-state index contributed by atoms with van der Waals surface area (Å²) in [4.78, 5) is 0. The van der Waals surface area contributed by atoms with Crippen LogP contribution in [0.1, 0.15) is 11.1 Å². The average molecular weight is 342 g/mol. The third kappa shape index (κ3) is 3.02. The summed E-state index contributed by atoms with van der Waals surface area (Å²) in [5.41, 5.74) is 7.07. The summed E-state index contributed by atoms with van der Waals surface area (Å²) in [6.45, 7) is 0. The Morgan fingerprint density at radius 3 is 1.92 bits per heavy atom. The van der Waals surface area contributed by atoms with Crippen LogP contribution in [0.15, 0.2) is 101 Å². The van der Waals surface area contributed by atoms with Crippen LogP contribution in [0, 0.1) is 0 Å². The van der Waals surface area contributed by atoms with Gasteiger partial charge in [-0.1, -0.05) is 65.9 Å². The first-order chi connectivity index (χ1) is 12.9. The van der Waals surface area contributed by atoms with Gasteiger partial charge in [0, 0.05) is 5.57 Å². The molecule has 0 saturated carbocycles. The van der Waals surface area contributed by atoms with Gasteiger partial charge in [0.15, 0.2) is 5.82 Å². The van der Waals surface area contributed by atoms with Gasteiger partial charge in [-0.25, -0.2) is 5.01 Å². The fourth-order valence-electron chi connectivity index (χ4n) is 2.91. The lowest BCUT2D eigenvalue weighted by Crippen LogP contribution is -2.28. The fraction of sp³-hybridized carbons (Fsp3) is 0.0476. The molecule has 0 fully saturated rings. The largest absolute Gasteiger partial charge is 0.497 e. The van der Waals surface area contributed by atoms with Crippen molar-refractivity contribution in [1.82, 2.24) is 5.53 Å².